The highest BCUT2D eigenvalue weighted by molar-refractivity contribution is 5.94. The average molecular weight is 238 g/mol. The summed E-state index contributed by atoms with van der Waals surface area (Å²) in [6, 6.07) is -0.116. The van der Waals surface area contributed by atoms with E-state index in [1.165, 1.54) is 6.20 Å². The molecule has 17 heavy (non-hydrogen) atoms. The average Bonchev–Trinajstić information content (AvgIpc) is 2.72. The Balaban J connectivity index is 1.94. The normalized spacial score (nSPS) is 27.6. The van der Waals surface area contributed by atoms with Gasteiger partial charge in [-0.05, 0) is 13.3 Å². The molecule has 6 nitrogen and oxygen atoms in total. The van der Waals surface area contributed by atoms with Gasteiger partial charge in [0, 0.05) is 25.9 Å². The summed E-state index contributed by atoms with van der Waals surface area (Å²) in [5.74, 6) is -0.150. The summed E-state index contributed by atoms with van der Waals surface area (Å²) < 4.78 is 7.08. The summed E-state index contributed by atoms with van der Waals surface area (Å²) >= 11 is 0. The van der Waals surface area contributed by atoms with E-state index in [0.29, 0.717) is 12.2 Å². The first kappa shape index (κ1) is 12.1. The maximum atomic E-state index is 11.9. The third kappa shape index (κ3) is 2.48. The Bertz CT molecular complexity index is 402. The first-order valence-corrected chi connectivity index (χ1v) is 5.78. The number of nitrogens with zero attached hydrogens (tertiary/aromatic N) is 2. The first-order chi connectivity index (χ1) is 8.11. The van der Waals surface area contributed by atoms with Crippen LogP contribution >= 0.6 is 0 Å². The molecule has 0 spiro atoms. The van der Waals surface area contributed by atoms with E-state index in [0.717, 1.165) is 6.42 Å². The third-order valence-electron chi connectivity index (χ3n) is 3.01. The van der Waals surface area contributed by atoms with Gasteiger partial charge in [-0.25, -0.2) is 0 Å². The summed E-state index contributed by atoms with van der Waals surface area (Å²) in [5, 5.41) is 6.84. The van der Waals surface area contributed by atoms with Gasteiger partial charge < -0.3 is 15.8 Å². The number of carbonyl (C=O) groups is 1. The highest BCUT2D eigenvalue weighted by Gasteiger charge is 2.40. The number of hydrogen-bond acceptors (Lipinski definition) is 4. The minimum atomic E-state index is -0.150. The van der Waals surface area contributed by atoms with E-state index >= 15 is 0 Å². The van der Waals surface area contributed by atoms with Crippen molar-refractivity contribution in [3.8, 4) is 0 Å². The van der Waals surface area contributed by atoms with Crippen LogP contribution in [-0.2, 0) is 11.8 Å². The Morgan fingerprint density at radius 2 is 2.53 bits per heavy atom. The van der Waals surface area contributed by atoms with Crippen LogP contribution in [-0.4, -0.2) is 40.5 Å². The number of amides is 1. The number of nitrogens with one attached hydrogen (secondary N) is 1. The summed E-state index contributed by atoms with van der Waals surface area (Å²) in [6.07, 6.45) is 4.05. The summed E-state index contributed by atoms with van der Waals surface area (Å²) in [4.78, 5) is 11.9. The Hall–Kier alpha value is -1.40. The van der Waals surface area contributed by atoms with Crippen molar-refractivity contribution in [3.05, 3.63) is 18.0 Å². The Labute approximate surface area is 100 Å². The lowest BCUT2D eigenvalue weighted by molar-refractivity contribution is -0.0300. The lowest BCUT2D eigenvalue weighted by Crippen LogP contribution is -2.64. The van der Waals surface area contributed by atoms with Crippen LogP contribution < -0.4 is 11.1 Å². The fourth-order valence-electron chi connectivity index (χ4n) is 2.00. The van der Waals surface area contributed by atoms with Gasteiger partial charge in [-0.2, -0.15) is 5.10 Å². The second-order valence-corrected chi connectivity index (χ2v) is 4.30. The zero-order valence-electron chi connectivity index (χ0n) is 10.1. The van der Waals surface area contributed by atoms with Crippen LogP contribution in [0.4, 0.5) is 0 Å². The molecular weight excluding hydrogens is 220 g/mol. The predicted octanol–water partition coefficient (Wildman–Crippen LogP) is -0.345. The van der Waals surface area contributed by atoms with E-state index < -0.39 is 0 Å². The molecule has 1 aliphatic carbocycles. The molecule has 1 amide bonds. The third-order valence-corrected chi connectivity index (χ3v) is 3.01. The number of aromatic nitrogens is 2. The largest absolute Gasteiger partial charge is 0.376 e. The number of ether oxygens (including phenoxy) is 1. The molecule has 0 aliphatic heterocycles. The van der Waals surface area contributed by atoms with Gasteiger partial charge in [0.1, 0.15) is 0 Å². The molecule has 1 aliphatic rings. The van der Waals surface area contributed by atoms with Crippen LogP contribution in [0.3, 0.4) is 0 Å². The molecule has 1 heterocycles. The lowest BCUT2D eigenvalue weighted by atomic mass is 9.83. The maximum Gasteiger partial charge on any atom is 0.254 e. The van der Waals surface area contributed by atoms with E-state index in [1.54, 1.807) is 17.9 Å². The zero-order chi connectivity index (χ0) is 12.4. The van der Waals surface area contributed by atoms with E-state index in [9.17, 15) is 4.79 Å². The number of carbonyl (C=O) groups excluding carboxylic acids is 1. The minimum Gasteiger partial charge on any atom is -0.376 e. The Kier molecular flexibility index (Phi) is 3.44. The van der Waals surface area contributed by atoms with Gasteiger partial charge in [-0.1, -0.05) is 0 Å². The van der Waals surface area contributed by atoms with E-state index in [1.807, 2.05) is 6.92 Å². The molecule has 2 rings (SSSR count). The molecule has 0 aromatic carbocycles. The van der Waals surface area contributed by atoms with Crippen molar-refractivity contribution in [3.63, 3.8) is 0 Å². The molecule has 0 saturated heterocycles. The number of nitrogens with two attached hydrogens (primary N) is 1. The number of rotatable bonds is 4. The fourth-order valence-corrected chi connectivity index (χ4v) is 2.00. The molecular formula is C11H18N4O2. The van der Waals surface area contributed by atoms with Gasteiger partial charge in [-0.15, -0.1) is 0 Å². The van der Waals surface area contributed by atoms with Gasteiger partial charge in [0.05, 0.1) is 23.9 Å². The topological polar surface area (TPSA) is 82.2 Å². The van der Waals surface area contributed by atoms with E-state index in [2.05, 4.69) is 10.4 Å². The molecule has 3 N–H and O–H groups in total. The minimum absolute atomic E-state index is 0.0211. The predicted molar refractivity (Wildman–Crippen MR) is 62.5 cm³/mol. The molecule has 1 saturated carbocycles. The lowest BCUT2D eigenvalue weighted by Gasteiger charge is -2.42. The molecule has 3 unspecified atom stereocenters. The van der Waals surface area contributed by atoms with Crippen LogP contribution in [0, 0.1) is 0 Å². The summed E-state index contributed by atoms with van der Waals surface area (Å²) in [6.45, 7) is 2.57. The second-order valence-electron chi connectivity index (χ2n) is 4.30. The van der Waals surface area contributed by atoms with Gasteiger partial charge in [0.15, 0.2) is 0 Å². The monoisotopic (exact) mass is 238 g/mol. The first-order valence-electron chi connectivity index (χ1n) is 5.78. The van der Waals surface area contributed by atoms with Crippen molar-refractivity contribution in [2.45, 2.75) is 31.5 Å². The van der Waals surface area contributed by atoms with Crippen molar-refractivity contribution < 1.29 is 9.53 Å². The molecule has 1 fully saturated rings. The van der Waals surface area contributed by atoms with Crippen LogP contribution in [0.15, 0.2) is 12.4 Å². The van der Waals surface area contributed by atoms with E-state index in [4.69, 9.17) is 10.5 Å². The summed E-state index contributed by atoms with van der Waals surface area (Å²) in [5.41, 5.74) is 6.40. The van der Waals surface area contributed by atoms with Crippen LogP contribution in [0.5, 0.6) is 0 Å². The van der Waals surface area contributed by atoms with Crippen LogP contribution in [0.1, 0.15) is 23.7 Å². The second kappa shape index (κ2) is 4.85. The molecule has 3 atom stereocenters. The SMILES string of the molecule is CCOC1CC(N)C1NC(=O)c1cnn(C)c1. The van der Waals surface area contributed by atoms with Gasteiger partial charge in [-0.3, -0.25) is 9.48 Å². The smallest absolute Gasteiger partial charge is 0.254 e. The molecule has 94 valence electrons. The quantitative estimate of drug-likeness (QED) is 0.751. The van der Waals surface area contributed by atoms with Gasteiger partial charge >= 0.3 is 0 Å². The van der Waals surface area contributed by atoms with Gasteiger partial charge in [0.25, 0.3) is 5.91 Å². The number of hydrogen-bond donors (Lipinski definition) is 2. The standard InChI is InChI=1S/C11H18N4O2/c1-3-17-9-4-8(12)10(9)14-11(16)7-5-13-15(2)6-7/h5-6,8-10H,3-4,12H2,1-2H3,(H,14,16). The fraction of sp³-hybridized carbons (Fsp3) is 0.636. The van der Waals surface area contributed by atoms with E-state index in [-0.39, 0.29) is 24.1 Å². The highest BCUT2D eigenvalue weighted by Crippen LogP contribution is 2.22. The Morgan fingerprint density at radius 1 is 1.76 bits per heavy atom. The zero-order valence-corrected chi connectivity index (χ0v) is 10.1. The van der Waals surface area contributed by atoms with Crippen molar-refractivity contribution in [2.75, 3.05) is 6.61 Å². The molecule has 0 radical (unpaired) electrons. The maximum absolute atomic E-state index is 11.9. The summed E-state index contributed by atoms with van der Waals surface area (Å²) in [7, 11) is 1.77. The van der Waals surface area contributed by atoms with Gasteiger partial charge in [0.2, 0.25) is 0 Å². The molecule has 1 aromatic rings. The molecule has 6 heteroatoms. The Morgan fingerprint density at radius 3 is 3.06 bits per heavy atom. The molecule has 1 aromatic heterocycles. The van der Waals surface area contributed by atoms with Crippen LogP contribution in [0.2, 0.25) is 0 Å². The van der Waals surface area contributed by atoms with Crippen molar-refractivity contribution >= 4 is 5.91 Å². The van der Waals surface area contributed by atoms with Crippen molar-refractivity contribution in [1.82, 2.24) is 15.1 Å². The van der Waals surface area contributed by atoms with Crippen molar-refractivity contribution in [2.24, 2.45) is 12.8 Å². The number of aryl methyl sites for hydroxylation is 1. The van der Waals surface area contributed by atoms with Crippen molar-refractivity contribution in [1.29, 1.82) is 0 Å². The molecule has 0 bridgehead atoms. The highest BCUT2D eigenvalue weighted by atomic mass is 16.5. The van der Waals surface area contributed by atoms with Crippen LogP contribution in [0.25, 0.3) is 0 Å².